The number of benzene rings is 1. The van der Waals surface area contributed by atoms with Gasteiger partial charge < -0.3 is 15.5 Å². The summed E-state index contributed by atoms with van der Waals surface area (Å²) in [5.74, 6) is 0.102. The topological polar surface area (TPSA) is 44.4 Å². The minimum absolute atomic E-state index is 0.102. The summed E-state index contributed by atoms with van der Waals surface area (Å²) in [6.07, 6.45) is 2.85. The van der Waals surface area contributed by atoms with Crippen LogP contribution in [0.25, 0.3) is 0 Å². The van der Waals surface area contributed by atoms with Gasteiger partial charge in [0.15, 0.2) is 0 Å². The van der Waals surface area contributed by atoms with Crippen LogP contribution in [-0.2, 0) is 11.3 Å². The molecule has 1 amide bonds. The number of nitrogens with zero attached hydrogens (tertiary/aromatic N) is 1. The number of carbonyl (C=O) groups excluding carboxylic acids is 1. The van der Waals surface area contributed by atoms with E-state index in [1.807, 2.05) is 32.3 Å². The van der Waals surface area contributed by atoms with Crippen LogP contribution in [-0.4, -0.2) is 37.5 Å². The predicted octanol–water partition coefficient (Wildman–Crippen LogP) is 1.83. The molecule has 4 heteroatoms. The maximum atomic E-state index is 12.0. The van der Waals surface area contributed by atoms with Crippen molar-refractivity contribution in [1.82, 2.24) is 10.2 Å². The van der Waals surface area contributed by atoms with Crippen LogP contribution in [0.15, 0.2) is 24.3 Å². The Bertz CT molecular complexity index is 425. The average Bonchev–Trinajstić information content (AvgIpc) is 2.83. The van der Waals surface area contributed by atoms with Gasteiger partial charge in [0, 0.05) is 24.7 Å². The molecule has 1 heterocycles. The van der Waals surface area contributed by atoms with Crippen molar-refractivity contribution < 1.29 is 4.79 Å². The van der Waals surface area contributed by atoms with Crippen molar-refractivity contribution in [2.24, 2.45) is 0 Å². The van der Waals surface area contributed by atoms with Gasteiger partial charge in [-0.3, -0.25) is 4.79 Å². The molecule has 0 radical (unpaired) electrons. The summed E-state index contributed by atoms with van der Waals surface area (Å²) >= 11 is 0. The molecule has 1 saturated heterocycles. The fourth-order valence-electron chi connectivity index (χ4n) is 2.48. The van der Waals surface area contributed by atoms with Crippen LogP contribution in [0.1, 0.15) is 24.8 Å². The van der Waals surface area contributed by atoms with Crippen LogP contribution in [0.2, 0.25) is 0 Å². The lowest BCUT2D eigenvalue weighted by atomic mass is 10.1. The predicted molar refractivity (Wildman–Crippen MR) is 78.1 cm³/mol. The monoisotopic (exact) mass is 261 g/mol. The van der Waals surface area contributed by atoms with E-state index in [9.17, 15) is 4.79 Å². The number of para-hydroxylation sites is 1. The van der Waals surface area contributed by atoms with Crippen molar-refractivity contribution in [3.63, 3.8) is 0 Å². The van der Waals surface area contributed by atoms with Crippen molar-refractivity contribution >= 4 is 11.6 Å². The molecule has 4 nitrogen and oxygen atoms in total. The molecule has 1 aromatic carbocycles. The lowest BCUT2D eigenvalue weighted by Gasteiger charge is -2.16. The Balaban J connectivity index is 1.95. The molecule has 1 aliphatic heterocycles. The van der Waals surface area contributed by atoms with Crippen molar-refractivity contribution in [1.29, 1.82) is 0 Å². The molecule has 1 aromatic rings. The van der Waals surface area contributed by atoms with Gasteiger partial charge in [0.05, 0.1) is 0 Å². The minimum atomic E-state index is 0.102. The van der Waals surface area contributed by atoms with Gasteiger partial charge in [0.25, 0.3) is 0 Å². The second-order valence-electron chi connectivity index (χ2n) is 5.44. The van der Waals surface area contributed by atoms with Crippen LogP contribution in [0, 0.1) is 0 Å². The number of anilines is 1. The first-order chi connectivity index (χ1) is 9.15. The van der Waals surface area contributed by atoms with E-state index in [2.05, 4.69) is 21.6 Å². The zero-order valence-electron chi connectivity index (χ0n) is 11.8. The Morgan fingerprint density at radius 1 is 1.42 bits per heavy atom. The van der Waals surface area contributed by atoms with Crippen LogP contribution in [0.3, 0.4) is 0 Å². The molecule has 0 aromatic heterocycles. The second-order valence-corrected chi connectivity index (χ2v) is 5.44. The van der Waals surface area contributed by atoms with Gasteiger partial charge in [-0.1, -0.05) is 18.2 Å². The van der Waals surface area contributed by atoms with Crippen LogP contribution in [0.5, 0.6) is 0 Å². The summed E-state index contributed by atoms with van der Waals surface area (Å²) in [7, 11) is 4.06. The Kier molecular flexibility index (Phi) is 4.93. The maximum Gasteiger partial charge on any atom is 0.225 e. The van der Waals surface area contributed by atoms with Gasteiger partial charge in [-0.25, -0.2) is 0 Å². The molecule has 1 atom stereocenters. The highest BCUT2D eigenvalue weighted by molar-refractivity contribution is 5.91. The van der Waals surface area contributed by atoms with Crippen molar-refractivity contribution in [2.75, 3.05) is 26.0 Å². The highest BCUT2D eigenvalue weighted by atomic mass is 16.1. The largest absolute Gasteiger partial charge is 0.326 e. The van der Waals surface area contributed by atoms with Gasteiger partial charge in [-0.2, -0.15) is 0 Å². The number of carbonyl (C=O) groups is 1. The smallest absolute Gasteiger partial charge is 0.225 e. The summed E-state index contributed by atoms with van der Waals surface area (Å²) in [5, 5.41) is 6.39. The summed E-state index contributed by atoms with van der Waals surface area (Å²) in [6.45, 7) is 1.87. The van der Waals surface area contributed by atoms with E-state index in [1.54, 1.807) is 0 Å². The zero-order valence-corrected chi connectivity index (χ0v) is 11.8. The number of hydrogen-bond acceptors (Lipinski definition) is 3. The average molecular weight is 261 g/mol. The molecule has 2 rings (SSSR count). The fourth-order valence-corrected chi connectivity index (χ4v) is 2.48. The van der Waals surface area contributed by atoms with Crippen molar-refractivity contribution in [3.8, 4) is 0 Å². The molecular weight excluding hydrogens is 238 g/mol. The Morgan fingerprint density at radius 2 is 2.21 bits per heavy atom. The van der Waals surface area contributed by atoms with E-state index in [4.69, 9.17) is 0 Å². The molecule has 104 valence electrons. The molecule has 0 saturated carbocycles. The first-order valence-corrected chi connectivity index (χ1v) is 6.91. The van der Waals surface area contributed by atoms with Gasteiger partial charge in [-0.15, -0.1) is 0 Å². The normalized spacial score (nSPS) is 18.8. The van der Waals surface area contributed by atoms with E-state index in [0.717, 1.165) is 30.8 Å². The zero-order chi connectivity index (χ0) is 13.7. The molecule has 19 heavy (non-hydrogen) atoms. The van der Waals surface area contributed by atoms with Crippen LogP contribution >= 0.6 is 0 Å². The van der Waals surface area contributed by atoms with E-state index in [1.165, 1.54) is 6.42 Å². The van der Waals surface area contributed by atoms with Crippen LogP contribution in [0.4, 0.5) is 5.69 Å². The van der Waals surface area contributed by atoms with Gasteiger partial charge in [0.1, 0.15) is 0 Å². The summed E-state index contributed by atoms with van der Waals surface area (Å²) in [5.41, 5.74) is 2.08. The number of amides is 1. The Labute approximate surface area is 115 Å². The fraction of sp³-hybridized carbons (Fsp3) is 0.533. The first-order valence-electron chi connectivity index (χ1n) is 6.91. The standard InChI is InChI=1S/C15H23N3O/c1-18(2)11-12-6-3-4-8-14(12)17-15(19)10-13-7-5-9-16-13/h3-4,6,8,13,16H,5,7,9-11H2,1-2H3,(H,17,19). The number of rotatable bonds is 5. The van der Waals surface area contributed by atoms with E-state index >= 15 is 0 Å². The highest BCUT2D eigenvalue weighted by Gasteiger charge is 2.18. The Morgan fingerprint density at radius 3 is 2.89 bits per heavy atom. The summed E-state index contributed by atoms with van der Waals surface area (Å²) in [4.78, 5) is 14.1. The molecule has 0 aliphatic carbocycles. The van der Waals surface area contributed by atoms with Crippen molar-refractivity contribution in [3.05, 3.63) is 29.8 Å². The van der Waals surface area contributed by atoms with E-state index in [-0.39, 0.29) is 5.91 Å². The van der Waals surface area contributed by atoms with Gasteiger partial charge in [0.2, 0.25) is 5.91 Å². The SMILES string of the molecule is CN(C)Cc1ccccc1NC(=O)CC1CCCN1. The summed E-state index contributed by atoms with van der Waals surface area (Å²) < 4.78 is 0. The lowest BCUT2D eigenvalue weighted by molar-refractivity contribution is -0.116. The lowest BCUT2D eigenvalue weighted by Crippen LogP contribution is -2.27. The number of hydrogen-bond donors (Lipinski definition) is 2. The van der Waals surface area contributed by atoms with Crippen LogP contribution < -0.4 is 10.6 Å². The Hall–Kier alpha value is -1.39. The highest BCUT2D eigenvalue weighted by Crippen LogP contribution is 2.17. The van der Waals surface area contributed by atoms with E-state index in [0.29, 0.717) is 12.5 Å². The maximum absolute atomic E-state index is 12.0. The quantitative estimate of drug-likeness (QED) is 0.850. The molecule has 0 bridgehead atoms. The second kappa shape index (κ2) is 6.68. The molecule has 1 fully saturated rings. The molecular formula is C15H23N3O. The molecule has 0 spiro atoms. The first kappa shape index (κ1) is 14.0. The molecule has 1 aliphatic rings. The molecule has 2 N–H and O–H groups in total. The third-order valence-corrected chi connectivity index (χ3v) is 3.37. The number of nitrogens with one attached hydrogen (secondary N) is 2. The molecule has 1 unspecified atom stereocenters. The third kappa shape index (κ3) is 4.33. The minimum Gasteiger partial charge on any atom is -0.326 e. The van der Waals surface area contributed by atoms with E-state index < -0.39 is 0 Å². The van der Waals surface area contributed by atoms with Crippen molar-refractivity contribution in [2.45, 2.75) is 31.8 Å². The van der Waals surface area contributed by atoms with Gasteiger partial charge in [-0.05, 0) is 45.1 Å². The summed E-state index contributed by atoms with van der Waals surface area (Å²) in [6, 6.07) is 8.35. The third-order valence-electron chi connectivity index (χ3n) is 3.37. The van der Waals surface area contributed by atoms with Gasteiger partial charge >= 0.3 is 0 Å².